The molecule has 0 bridgehead atoms. The maximum atomic E-state index is 13.5. The quantitative estimate of drug-likeness (QED) is 0.462. The summed E-state index contributed by atoms with van der Waals surface area (Å²) >= 11 is 1.31. The van der Waals surface area contributed by atoms with Gasteiger partial charge in [-0.2, -0.15) is 0 Å². The zero-order valence-electron chi connectivity index (χ0n) is 18.6. The second kappa shape index (κ2) is 9.67. The average Bonchev–Trinajstić information content (AvgIpc) is 2.95. The van der Waals surface area contributed by atoms with E-state index in [9.17, 15) is 13.6 Å². The molecule has 1 aliphatic rings. The Morgan fingerprint density at radius 3 is 2.21 bits per heavy atom. The number of aliphatic imine (C=N–C) groups is 2. The third kappa shape index (κ3) is 5.54. The molecule has 0 saturated heterocycles. The van der Waals surface area contributed by atoms with Crippen LogP contribution >= 0.6 is 11.8 Å². The Morgan fingerprint density at radius 1 is 0.879 bits per heavy atom. The lowest BCUT2D eigenvalue weighted by atomic mass is 10.1. The monoisotopic (exact) mass is 463 g/mol. The molecule has 1 aliphatic heterocycles. The normalized spacial score (nSPS) is 13.0. The van der Waals surface area contributed by atoms with Gasteiger partial charge in [0.25, 0.3) is 0 Å². The van der Waals surface area contributed by atoms with Crippen LogP contribution in [-0.2, 0) is 4.79 Å². The van der Waals surface area contributed by atoms with Crippen molar-refractivity contribution in [3.05, 3.63) is 88.5 Å². The number of nitrogens with one attached hydrogen (secondary N) is 1. The van der Waals surface area contributed by atoms with Gasteiger partial charge in [0.05, 0.1) is 27.9 Å². The molecule has 0 aromatic heterocycles. The highest BCUT2D eigenvalue weighted by Gasteiger charge is 2.18. The SMILES string of the molecule is Cc1cc2c(cc1C)N=C(c1ccc(F)cc1)CC(SCC(=O)Nc1cc(F)ccc1C)=N2. The van der Waals surface area contributed by atoms with Crippen LogP contribution in [0.3, 0.4) is 0 Å². The number of anilines is 1. The number of benzene rings is 3. The van der Waals surface area contributed by atoms with Crippen molar-refractivity contribution in [2.75, 3.05) is 11.1 Å². The van der Waals surface area contributed by atoms with E-state index in [4.69, 9.17) is 9.98 Å². The standard InChI is InChI=1S/C26H23F2N3OS/c1-15-4-7-20(28)12-21(15)30-25(32)14-33-26-13-22(18-5-8-19(27)9-6-18)29-23-10-16(2)17(3)11-24(23)31-26/h4-12H,13-14H2,1-3H3,(H,30,32). The second-order valence-electron chi connectivity index (χ2n) is 7.97. The minimum absolute atomic E-state index is 0.117. The van der Waals surface area contributed by atoms with Gasteiger partial charge in [0, 0.05) is 12.1 Å². The Kier molecular flexibility index (Phi) is 6.70. The minimum Gasteiger partial charge on any atom is -0.325 e. The van der Waals surface area contributed by atoms with Gasteiger partial charge in [0.2, 0.25) is 5.91 Å². The number of hydrogen-bond acceptors (Lipinski definition) is 4. The van der Waals surface area contributed by atoms with Gasteiger partial charge in [-0.1, -0.05) is 18.2 Å². The van der Waals surface area contributed by atoms with Gasteiger partial charge in [0.15, 0.2) is 0 Å². The van der Waals surface area contributed by atoms with Gasteiger partial charge in [-0.25, -0.2) is 13.8 Å². The van der Waals surface area contributed by atoms with Crippen LogP contribution in [0.15, 0.2) is 64.6 Å². The first kappa shape index (κ1) is 22.9. The molecule has 1 amide bonds. The minimum atomic E-state index is -0.404. The number of aryl methyl sites for hydroxylation is 3. The van der Waals surface area contributed by atoms with Crippen LogP contribution in [0.1, 0.15) is 28.7 Å². The topological polar surface area (TPSA) is 53.8 Å². The molecule has 1 N–H and O–H groups in total. The largest absolute Gasteiger partial charge is 0.325 e. The van der Waals surface area contributed by atoms with Crippen LogP contribution in [0.2, 0.25) is 0 Å². The van der Waals surface area contributed by atoms with Gasteiger partial charge in [-0.05, 0) is 79.4 Å². The van der Waals surface area contributed by atoms with Crippen molar-refractivity contribution in [3.8, 4) is 0 Å². The molecular weight excluding hydrogens is 440 g/mol. The molecule has 4 nitrogen and oxygen atoms in total. The van der Waals surface area contributed by atoms with Crippen molar-refractivity contribution >= 4 is 45.5 Å². The molecule has 7 heteroatoms. The van der Waals surface area contributed by atoms with Crippen molar-refractivity contribution in [2.45, 2.75) is 27.2 Å². The summed E-state index contributed by atoms with van der Waals surface area (Å²) in [5.74, 6) is -0.848. The first-order chi connectivity index (χ1) is 15.8. The third-order valence-electron chi connectivity index (χ3n) is 5.43. The van der Waals surface area contributed by atoms with Crippen LogP contribution in [0.4, 0.5) is 25.8 Å². The van der Waals surface area contributed by atoms with Crippen LogP contribution < -0.4 is 5.32 Å². The molecule has 1 heterocycles. The van der Waals surface area contributed by atoms with Crippen molar-refractivity contribution in [2.24, 2.45) is 9.98 Å². The molecule has 0 fully saturated rings. The van der Waals surface area contributed by atoms with E-state index in [0.717, 1.165) is 44.4 Å². The van der Waals surface area contributed by atoms with E-state index in [-0.39, 0.29) is 17.5 Å². The molecule has 33 heavy (non-hydrogen) atoms. The lowest BCUT2D eigenvalue weighted by Gasteiger charge is -2.10. The summed E-state index contributed by atoms with van der Waals surface area (Å²) < 4.78 is 27.0. The smallest absolute Gasteiger partial charge is 0.234 e. The number of thioether (sulfide) groups is 1. The number of hydrogen-bond donors (Lipinski definition) is 1. The molecule has 0 spiro atoms. The summed E-state index contributed by atoms with van der Waals surface area (Å²) in [6.07, 6.45) is 0.412. The number of carbonyl (C=O) groups excluding carboxylic acids is 1. The summed E-state index contributed by atoms with van der Waals surface area (Å²) in [6, 6.07) is 14.5. The lowest BCUT2D eigenvalue weighted by Crippen LogP contribution is -2.17. The molecule has 3 aromatic carbocycles. The van der Waals surface area contributed by atoms with Crippen molar-refractivity contribution in [1.29, 1.82) is 0 Å². The Morgan fingerprint density at radius 2 is 1.52 bits per heavy atom. The molecule has 168 valence electrons. The van der Waals surface area contributed by atoms with E-state index in [1.807, 2.05) is 32.9 Å². The molecule has 0 aliphatic carbocycles. The number of fused-ring (bicyclic) bond motifs is 1. The van der Waals surface area contributed by atoms with Gasteiger partial charge >= 0.3 is 0 Å². The first-order valence-corrected chi connectivity index (χ1v) is 11.5. The van der Waals surface area contributed by atoms with Crippen LogP contribution in [0.25, 0.3) is 0 Å². The van der Waals surface area contributed by atoms with Gasteiger partial charge in [-0.15, -0.1) is 11.8 Å². The molecule has 0 atom stereocenters. The molecule has 0 saturated carbocycles. The Labute approximate surface area is 195 Å². The number of halogens is 2. The van der Waals surface area contributed by atoms with Crippen LogP contribution in [-0.4, -0.2) is 22.4 Å². The third-order valence-corrected chi connectivity index (χ3v) is 6.41. The molecule has 0 radical (unpaired) electrons. The predicted octanol–water partition coefficient (Wildman–Crippen LogP) is 6.82. The van der Waals surface area contributed by atoms with Crippen LogP contribution in [0, 0.1) is 32.4 Å². The Bertz CT molecular complexity index is 1280. The first-order valence-electron chi connectivity index (χ1n) is 10.5. The number of amides is 1. The Hall–Kier alpha value is -3.32. The number of rotatable bonds is 4. The highest BCUT2D eigenvalue weighted by atomic mass is 32.2. The summed E-state index contributed by atoms with van der Waals surface area (Å²) in [5, 5.41) is 3.49. The zero-order valence-corrected chi connectivity index (χ0v) is 19.4. The van der Waals surface area contributed by atoms with Crippen molar-refractivity contribution in [1.82, 2.24) is 0 Å². The van der Waals surface area contributed by atoms with E-state index in [1.54, 1.807) is 18.2 Å². The highest BCUT2D eigenvalue weighted by molar-refractivity contribution is 8.14. The fourth-order valence-electron chi connectivity index (χ4n) is 3.42. The van der Waals surface area contributed by atoms with Crippen molar-refractivity contribution in [3.63, 3.8) is 0 Å². The fraction of sp³-hybridized carbons (Fsp3) is 0.192. The Balaban J connectivity index is 1.59. The second-order valence-corrected chi connectivity index (χ2v) is 9.02. The predicted molar refractivity (Wildman–Crippen MR) is 132 cm³/mol. The number of nitrogens with zero attached hydrogens (tertiary/aromatic N) is 2. The summed E-state index contributed by atoms with van der Waals surface area (Å²) in [6.45, 7) is 5.85. The summed E-state index contributed by atoms with van der Waals surface area (Å²) in [5.41, 5.74) is 6.47. The van der Waals surface area contributed by atoms with E-state index in [1.165, 1.54) is 36.0 Å². The highest BCUT2D eigenvalue weighted by Crippen LogP contribution is 2.36. The molecular formula is C26H23F2N3OS. The van der Waals surface area contributed by atoms with E-state index >= 15 is 0 Å². The van der Waals surface area contributed by atoms with E-state index < -0.39 is 5.82 Å². The molecule has 4 rings (SSSR count). The maximum absolute atomic E-state index is 13.5. The van der Waals surface area contributed by atoms with Gasteiger partial charge < -0.3 is 5.32 Å². The van der Waals surface area contributed by atoms with Crippen molar-refractivity contribution < 1.29 is 13.6 Å². The van der Waals surface area contributed by atoms with Crippen LogP contribution in [0.5, 0.6) is 0 Å². The molecule has 0 unspecified atom stereocenters. The average molecular weight is 464 g/mol. The molecule has 3 aromatic rings. The van der Waals surface area contributed by atoms with Gasteiger partial charge in [0.1, 0.15) is 11.6 Å². The summed E-state index contributed by atoms with van der Waals surface area (Å²) in [4.78, 5) is 22.2. The van der Waals surface area contributed by atoms with E-state index in [2.05, 4.69) is 5.32 Å². The van der Waals surface area contributed by atoms with E-state index in [0.29, 0.717) is 12.1 Å². The zero-order chi connectivity index (χ0) is 23.5. The van der Waals surface area contributed by atoms with Gasteiger partial charge in [-0.3, -0.25) is 9.79 Å². The maximum Gasteiger partial charge on any atom is 0.234 e. The fourth-order valence-corrected chi connectivity index (χ4v) is 4.19. The lowest BCUT2D eigenvalue weighted by molar-refractivity contribution is -0.113. The summed E-state index contributed by atoms with van der Waals surface area (Å²) in [7, 11) is 0. The number of carbonyl (C=O) groups is 1.